The van der Waals surface area contributed by atoms with E-state index in [9.17, 15) is 4.39 Å². The Morgan fingerprint density at radius 2 is 2.04 bits per heavy atom. The normalized spacial score (nSPS) is 18.1. The highest BCUT2D eigenvalue weighted by Crippen LogP contribution is 2.43. The Kier molecular flexibility index (Phi) is 4.93. The maximum atomic E-state index is 14.3. The maximum Gasteiger partial charge on any atom is 0.199 e. The van der Waals surface area contributed by atoms with Crippen molar-refractivity contribution in [3.63, 3.8) is 0 Å². The Balaban J connectivity index is 1.77. The number of fused-ring (bicyclic) bond motifs is 1. The van der Waals surface area contributed by atoms with Crippen molar-refractivity contribution in [3.05, 3.63) is 41.1 Å². The van der Waals surface area contributed by atoms with Gasteiger partial charge in [0.2, 0.25) is 0 Å². The van der Waals surface area contributed by atoms with E-state index in [0.717, 1.165) is 24.0 Å². The van der Waals surface area contributed by atoms with Gasteiger partial charge in [-0.1, -0.05) is 6.92 Å². The molecule has 3 heterocycles. The number of methoxy groups -OCH3 is 2. The van der Waals surface area contributed by atoms with Gasteiger partial charge in [-0.2, -0.15) is 0 Å². The van der Waals surface area contributed by atoms with Gasteiger partial charge >= 0.3 is 0 Å². The van der Waals surface area contributed by atoms with Crippen molar-refractivity contribution in [2.24, 2.45) is 9.98 Å². The molecule has 1 unspecified atom stereocenters. The van der Waals surface area contributed by atoms with Crippen LogP contribution in [0, 0.1) is 5.82 Å². The molecule has 28 heavy (non-hydrogen) atoms. The van der Waals surface area contributed by atoms with Gasteiger partial charge in [-0.3, -0.25) is 4.99 Å². The van der Waals surface area contributed by atoms with E-state index in [1.165, 1.54) is 7.11 Å². The minimum Gasteiger partial charge on any atom is -0.494 e. The second-order valence-electron chi connectivity index (χ2n) is 6.63. The Labute approximate surface area is 163 Å². The third-order valence-electron chi connectivity index (χ3n) is 5.04. The summed E-state index contributed by atoms with van der Waals surface area (Å²) >= 11 is 0. The summed E-state index contributed by atoms with van der Waals surface area (Å²) in [5.41, 5.74) is 1.95. The van der Waals surface area contributed by atoms with E-state index in [4.69, 9.17) is 14.5 Å². The fraction of sp³-hybridized carbons (Fsp3) is 0.400. The van der Waals surface area contributed by atoms with Crippen LogP contribution in [0.15, 0.2) is 28.3 Å². The zero-order valence-electron chi connectivity index (χ0n) is 16.1. The number of benzene rings is 1. The zero-order valence-corrected chi connectivity index (χ0v) is 16.1. The third kappa shape index (κ3) is 3.08. The Morgan fingerprint density at radius 1 is 1.21 bits per heavy atom. The number of amidine groups is 1. The van der Waals surface area contributed by atoms with Crippen LogP contribution in [0.1, 0.15) is 42.8 Å². The van der Waals surface area contributed by atoms with E-state index in [1.54, 1.807) is 25.4 Å². The molecule has 0 N–H and O–H groups in total. The topological polar surface area (TPSA) is 72.2 Å². The van der Waals surface area contributed by atoms with Crippen LogP contribution >= 0.6 is 0 Å². The summed E-state index contributed by atoms with van der Waals surface area (Å²) in [5.74, 6) is 2.08. The number of hydrogen-bond acceptors (Lipinski definition) is 7. The molecule has 2 aliphatic heterocycles. The lowest BCUT2D eigenvalue weighted by molar-refractivity contribution is 0.385. The molecule has 1 atom stereocenters. The predicted octanol–water partition coefficient (Wildman–Crippen LogP) is 3.33. The molecule has 1 aromatic carbocycles. The molecule has 0 aliphatic carbocycles. The highest BCUT2D eigenvalue weighted by Gasteiger charge is 2.33. The lowest BCUT2D eigenvalue weighted by Gasteiger charge is -2.27. The Morgan fingerprint density at radius 3 is 2.71 bits per heavy atom. The minimum absolute atomic E-state index is 0.0242. The van der Waals surface area contributed by atoms with Crippen LogP contribution in [0.5, 0.6) is 11.5 Å². The van der Waals surface area contributed by atoms with Crippen molar-refractivity contribution >= 4 is 17.9 Å². The van der Waals surface area contributed by atoms with Crippen LogP contribution in [-0.4, -0.2) is 42.8 Å². The van der Waals surface area contributed by atoms with Gasteiger partial charge in [0, 0.05) is 25.7 Å². The van der Waals surface area contributed by atoms with Crippen molar-refractivity contribution in [2.45, 2.75) is 32.4 Å². The SMILES string of the molecule is CCC1c2cc(F)c(OC)cc2CN1c1nc(C2=NCCC=N2)ncc1OC. The van der Waals surface area contributed by atoms with E-state index in [2.05, 4.69) is 26.8 Å². The van der Waals surface area contributed by atoms with E-state index >= 15 is 0 Å². The number of nitrogens with zero attached hydrogens (tertiary/aromatic N) is 5. The summed E-state index contributed by atoms with van der Waals surface area (Å²) in [6.07, 6.45) is 5.08. The van der Waals surface area contributed by atoms with Gasteiger partial charge in [-0.05, 0) is 29.7 Å². The van der Waals surface area contributed by atoms with Gasteiger partial charge in [0.25, 0.3) is 0 Å². The summed E-state index contributed by atoms with van der Waals surface area (Å²) in [6, 6.07) is 3.30. The molecule has 4 rings (SSSR count). The monoisotopic (exact) mass is 383 g/mol. The highest BCUT2D eigenvalue weighted by molar-refractivity contribution is 6.01. The van der Waals surface area contributed by atoms with Gasteiger partial charge in [0.15, 0.2) is 34.8 Å². The largest absolute Gasteiger partial charge is 0.494 e. The molecular formula is C20H22FN5O2. The molecule has 0 bridgehead atoms. The van der Waals surface area contributed by atoms with Crippen molar-refractivity contribution < 1.29 is 13.9 Å². The van der Waals surface area contributed by atoms with Crippen LogP contribution in [0.25, 0.3) is 0 Å². The number of anilines is 1. The lowest BCUT2D eigenvalue weighted by Crippen LogP contribution is -2.24. The lowest BCUT2D eigenvalue weighted by atomic mass is 10.0. The maximum absolute atomic E-state index is 14.3. The van der Waals surface area contributed by atoms with Gasteiger partial charge in [0.1, 0.15) is 0 Å². The first-order valence-corrected chi connectivity index (χ1v) is 9.27. The summed E-state index contributed by atoms with van der Waals surface area (Å²) in [7, 11) is 3.06. The molecule has 0 spiro atoms. The predicted molar refractivity (Wildman–Crippen MR) is 105 cm³/mol. The van der Waals surface area contributed by atoms with Gasteiger partial charge in [-0.15, -0.1) is 0 Å². The van der Waals surface area contributed by atoms with Crippen molar-refractivity contribution in [2.75, 3.05) is 25.7 Å². The fourth-order valence-corrected chi connectivity index (χ4v) is 3.71. The average molecular weight is 383 g/mol. The summed E-state index contributed by atoms with van der Waals surface area (Å²) in [6.45, 7) is 3.32. The summed E-state index contributed by atoms with van der Waals surface area (Å²) in [4.78, 5) is 19.9. The van der Waals surface area contributed by atoms with Crippen molar-refractivity contribution in [1.82, 2.24) is 9.97 Å². The van der Waals surface area contributed by atoms with E-state index in [-0.39, 0.29) is 17.6 Å². The number of halogens is 1. The number of aromatic nitrogens is 2. The van der Waals surface area contributed by atoms with Crippen LogP contribution in [0.3, 0.4) is 0 Å². The average Bonchev–Trinajstić information content (AvgIpc) is 3.10. The molecule has 0 amide bonds. The molecule has 1 aromatic heterocycles. The van der Waals surface area contributed by atoms with Crippen LogP contribution in [0.2, 0.25) is 0 Å². The van der Waals surface area contributed by atoms with Gasteiger partial charge in [0.05, 0.1) is 26.5 Å². The van der Waals surface area contributed by atoms with E-state index < -0.39 is 0 Å². The van der Waals surface area contributed by atoms with Crippen LogP contribution in [-0.2, 0) is 6.54 Å². The quantitative estimate of drug-likeness (QED) is 0.792. The standard InChI is InChI=1S/C20H22FN5O2/c1-4-15-13-9-14(21)16(27-2)8-12(13)11-26(15)20-17(28-3)10-24-19(25-20)18-22-6-5-7-23-18/h6,8-10,15H,4-5,7,11H2,1-3H3. The molecule has 146 valence electrons. The van der Waals surface area contributed by atoms with Gasteiger partial charge in [-0.25, -0.2) is 19.4 Å². The molecular weight excluding hydrogens is 361 g/mol. The molecule has 8 heteroatoms. The first-order chi connectivity index (χ1) is 13.7. The molecule has 0 fully saturated rings. The second kappa shape index (κ2) is 7.53. The van der Waals surface area contributed by atoms with Crippen LogP contribution in [0.4, 0.5) is 10.2 Å². The summed E-state index contributed by atoms with van der Waals surface area (Å²) in [5, 5.41) is 0. The molecule has 7 nitrogen and oxygen atoms in total. The minimum atomic E-state index is -0.359. The number of ether oxygens (including phenoxy) is 2. The highest BCUT2D eigenvalue weighted by atomic mass is 19.1. The first kappa shape index (κ1) is 18.3. The van der Waals surface area contributed by atoms with Crippen molar-refractivity contribution in [1.29, 1.82) is 0 Å². The molecule has 2 aromatic rings. The third-order valence-corrected chi connectivity index (χ3v) is 5.04. The Hall–Kier alpha value is -3.03. The molecule has 0 radical (unpaired) electrons. The van der Waals surface area contributed by atoms with Gasteiger partial charge < -0.3 is 14.4 Å². The fourth-order valence-electron chi connectivity index (χ4n) is 3.71. The zero-order chi connectivity index (χ0) is 19.7. The van der Waals surface area contributed by atoms with Crippen LogP contribution < -0.4 is 14.4 Å². The molecule has 0 saturated heterocycles. The molecule has 0 saturated carbocycles. The first-order valence-electron chi connectivity index (χ1n) is 9.27. The molecule has 2 aliphatic rings. The van der Waals surface area contributed by atoms with E-state index in [1.807, 2.05) is 6.21 Å². The number of hydrogen-bond donors (Lipinski definition) is 0. The second-order valence-corrected chi connectivity index (χ2v) is 6.63. The van der Waals surface area contributed by atoms with Crippen molar-refractivity contribution in [3.8, 4) is 11.5 Å². The summed E-state index contributed by atoms with van der Waals surface area (Å²) < 4.78 is 25.0. The Bertz CT molecular complexity index is 960. The number of rotatable bonds is 5. The smallest absolute Gasteiger partial charge is 0.199 e. The number of aliphatic imine (C=N–C) groups is 2. The van der Waals surface area contributed by atoms with E-state index in [0.29, 0.717) is 36.3 Å².